The fourth-order valence-corrected chi connectivity index (χ4v) is 3.64. The Morgan fingerprint density at radius 2 is 2.04 bits per heavy atom. The summed E-state index contributed by atoms with van der Waals surface area (Å²) in [5, 5.41) is 7.39. The number of ether oxygens (including phenoxy) is 1. The summed E-state index contributed by atoms with van der Waals surface area (Å²) in [7, 11) is 0. The number of carbonyl (C=O) groups excluding carboxylic acids is 1. The maximum atomic E-state index is 12.4. The van der Waals surface area contributed by atoms with Crippen LogP contribution in [-0.4, -0.2) is 28.5 Å². The zero-order chi connectivity index (χ0) is 18.6. The molecule has 1 N–H and O–H groups in total. The van der Waals surface area contributed by atoms with Gasteiger partial charge in [-0.05, 0) is 42.5 Å². The molecule has 0 saturated heterocycles. The molecule has 2 heterocycles. The number of fused-ring (bicyclic) bond motifs is 3. The quantitative estimate of drug-likeness (QED) is 0.666. The Labute approximate surface area is 162 Å². The number of hydrogen-bond donors (Lipinski definition) is 1. The third kappa shape index (κ3) is 3.85. The Bertz CT molecular complexity index is 950. The van der Waals surface area contributed by atoms with Gasteiger partial charge in [0.05, 0.1) is 11.9 Å². The van der Waals surface area contributed by atoms with Crippen molar-refractivity contribution in [2.75, 3.05) is 12.8 Å². The molecular weight excluding hydrogens is 358 g/mol. The number of benzene rings is 2. The van der Waals surface area contributed by atoms with Crippen molar-refractivity contribution >= 4 is 17.7 Å². The Morgan fingerprint density at radius 1 is 1.22 bits per heavy atom. The first-order chi connectivity index (χ1) is 13.2. The molecule has 6 heteroatoms. The number of amides is 1. The van der Waals surface area contributed by atoms with Crippen molar-refractivity contribution in [1.82, 2.24) is 15.1 Å². The normalized spacial score (nSPS) is 12.0. The van der Waals surface area contributed by atoms with E-state index in [4.69, 9.17) is 4.74 Å². The topological polar surface area (TPSA) is 56.2 Å². The van der Waals surface area contributed by atoms with Crippen LogP contribution < -0.4 is 10.1 Å². The molecule has 0 aliphatic carbocycles. The largest absolute Gasteiger partial charge is 0.488 e. The first kappa shape index (κ1) is 17.7. The van der Waals surface area contributed by atoms with Gasteiger partial charge in [0.15, 0.2) is 0 Å². The van der Waals surface area contributed by atoms with E-state index in [1.54, 1.807) is 22.6 Å². The third-order valence-corrected chi connectivity index (χ3v) is 5.37. The minimum atomic E-state index is -0.0365. The average Bonchev–Trinajstić information content (AvgIpc) is 3.12. The summed E-state index contributed by atoms with van der Waals surface area (Å²) in [6.07, 6.45) is 4.66. The van der Waals surface area contributed by atoms with Crippen molar-refractivity contribution < 1.29 is 9.53 Å². The molecule has 0 spiro atoms. The molecule has 27 heavy (non-hydrogen) atoms. The summed E-state index contributed by atoms with van der Waals surface area (Å²) in [5.41, 5.74) is 4.18. The van der Waals surface area contributed by atoms with Gasteiger partial charge < -0.3 is 10.1 Å². The first-order valence-electron chi connectivity index (χ1n) is 8.91. The SMILES string of the molecule is CSc1ccc(CCNC(=O)Cn2ncc3c2-c2ccccc2OC3)cc1. The van der Waals surface area contributed by atoms with Gasteiger partial charge in [-0.25, -0.2) is 0 Å². The van der Waals surface area contributed by atoms with Crippen molar-refractivity contribution in [1.29, 1.82) is 0 Å². The maximum Gasteiger partial charge on any atom is 0.241 e. The lowest BCUT2D eigenvalue weighted by atomic mass is 10.0. The minimum Gasteiger partial charge on any atom is -0.488 e. The summed E-state index contributed by atoms with van der Waals surface area (Å²) in [6.45, 7) is 1.30. The van der Waals surface area contributed by atoms with Gasteiger partial charge in [-0.1, -0.05) is 24.3 Å². The third-order valence-electron chi connectivity index (χ3n) is 4.63. The molecule has 1 aliphatic heterocycles. The van der Waals surface area contributed by atoms with Crippen LogP contribution in [0.25, 0.3) is 11.3 Å². The molecule has 0 unspecified atom stereocenters. The number of thioether (sulfide) groups is 1. The molecule has 0 radical (unpaired) electrons. The van der Waals surface area contributed by atoms with Gasteiger partial charge in [0.25, 0.3) is 0 Å². The van der Waals surface area contributed by atoms with Gasteiger partial charge in [-0.3, -0.25) is 9.48 Å². The van der Waals surface area contributed by atoms with E-state index in [0.29, 0.717) is 13.2 Å². The summed E-state index contributed by atoms with van der Waals surface area (Å²) >= 11 is 1.73. The second-order valence-corrected chi connectivity index (χ2v) is 7.29. The van der Waals surface area contributed by atoms with E-state index in [2.05, 4.69) is 40.9 Å². The van der Waals surface area contributed by atoms with Gasteiger partial charge >= 0.3 is 0 Å². The number of nitrogens with zero attached hydrogens (tertiary/aromatic N) is 2. The van der Waals surface area contributed by atoms with Crippen LogP contribution in [0, 0.1) is 0 Å². The molecular formula is C21H21N3O2S. The van der Waals surface area contributed by atoms with Gasteiger partial charge in [0.2, 0.25) is 5.91 Å². The van der Waals surface area contributed by atoms with E-state index in [1.807, 2.05) is 24.3 Å². The second-order valence-electron chi connectivity index (χ2n) is 6.41. The van der Waals surface area contributed by atoms with Crippen LogP contribution in [0.15, 0.2) is 59.6 Å². The molecule has 0 bridgehead atoms. The van der Waals surface area contributed by atoms with E-state index in [9.17, 15) is 4.79 Å². The molecule has 1 aromatic heterocycles. The molecule has 3 aromatic rings. The number of carbonyl (C=O) groups is 1. The molecule has 138 valence electrons. The van der Waals surface area contributed by atoms with Gasteiger partial charge in [-0.2, -0.15) is 5.10 Å². The zero-order valence-corrected chi connectivity index (χ0v) is 16.0. The van der Waals surface area contributed by atoms with Crippen LogP contribution in [0.5, 0.6) is 5.75 Å². The van der Waals surface area contributed by atoms with Crippen LogP contribution in [0.3, 0.4) is 0 Å². The Hall–Kier alpha value is -2.73. The fourth-order valence-electron chi connectivity index (χ4n) is 3.24. The Balaban J connectivity index is 1.38. The lowest BCUT2D eigenvalue weighted by molar-refractivity contribution is -0.121. The lowest BCUT2D eigenvalue weighted by Crippen LogP contribution is -2.30. The minimum absolute atomic E-state index is 0.0365. The van der Waals surface area contributed by atoms with Crippen molar-refractivity contribution in [3.8, 4) is 17.0 Å². The summed E-state index contributed by atoms with van der Waals surface area (Å²) in [5.74, 6) is 0.798. The highest BCUT2D eigenvalue weighted by molar-refractivity contribution is 7.98. The number of rotatable bonds is 6. The number of aromatic nitrogens is 2. The van der Waals surface area contributed by atoms with Gasteiger partial charge in [0, 0.05) is 22.6 Å². The van der Waals surface area contributed by atoms with Crippen molar-refractivity contribution in [2.24, 2.45) is 0 Å². The molecule has 1 aliphatic rings. The van der Waals surface area contributed by atoms with Crippen LogP contribution >= 0.6 is 11.8 Å². The molecule has 4 rings (SSSR count). The van der Waals surface area contributed by atoms with Gasteiger partial charge in [0.1, 0.15) is 18.9 Å². The summed E-state index contributed by atoms with van der Waals surface area (Å²) < 4.78 is 7.51. The van der Waals surface area contributed by atoms with Crippen LogP contribution in [-0.2, 0) is 24.4 Å². The predicted octanol–water partition coefficient (Wildman–Crippen LogP) is 3.52. The smallest absolute Gasteiger partial charge is 0.241 e. The Kier molecular flexibility index (Phi) is 5.16. The zero-order valence-electron chi connectivity index (χ0n) is 15.1. The molecule has 0 fully saturated rings. The molecule has 5 nitrogen and oxygen atoms in total. The average molecular weight is 379 g/mol. The van der Waals surface area contributed by atoms with E-state index < -0.39 is 0 Å². The highest BCUT2D eigenvalue weighted by atomic mass is 32.2. The van der Waals surface area contributed by atoms with Crippen LogP contribution in [0.4, 0.5) is 0 Å². The van der Waals surface area contributed by atoms with E-state index >= 15 is 0 Å². The molecule has 0 atom stereocenters. The standard InChI is InChI=1S/C21H21N3O2S/c1-27-17-8-6-15(7-9-17)10-11-22-20(25)13-24-21-16(12-23-24)14-26-19-5-3-2-4-18(19)21/h2-9,12H,10-11,13-14H2,1H3,(H,22,25). The van der Waals surface area contributed by atoms with Crippen LogP contribution in [0.2, 0.25) is 0 Å². The fraction of sp³-hybridized carbons (Fsp3) is 0.238. The maximum absolute atomic E-state index is 12.4. The summed E-state index contributed by atoms with van der Waals surface area (Å²) in [6, 6.07) is 16.3. The lowest BCUT2D eigenvalue weighted by Gasteiger charge is -2.19. The first-order valence-corrected chi connectivity index (χ1v) is 10.1. The van der Waals surface area contributed by atoms with Crippen molar-refractivity contribution in [3.63, 3.8) is 0 Å². The highest BCUT2D eigenvalue weighted by Crippen LogP contribution is 2.36. The van der Waals surface area contributed by atoms with Crippen molar-refractivity contribution in [2.45, 2.75) is 24.5 Å². The van der Waals surface area contributed by atoms with Crippen LogP contribution in [0.1, 0.15) is 11.1 Å². The Morgan fingerprint density at radius 3 is 2.85 bits per heavy atom. The van der Waals surface area contributed by atoms with E-state index in [0.717, 1.165) is 29.0 Å². The van der Waals surface area contributed by atoms with E-state index in [-0.39, 0.29) is 12.5 Å². The number of para-hydroxylation sites is 1. The molecule has 1 amide bonds. The summed E-state index contributed by atoms with van der Waals surface area (Å²) in [4.78, 5) is 13.6. The number of nitrogens with one attached hydrogen (secondary N) is 1. The predicted molar refractivity (Wildman–Crippen MR) is 107 cm³/mol. The van der Waals surface area contributed by atoms with Gasteiger partial charge in [-0.15, -0.1) is 11.8 Å². The second kappa shape index (κ2) is 7.88. The number of hydrogen-bond acceptors (Lipinski definition) is 4. The highest BCUT2D eigenvalue weighted by Gasteiger charge is 2.22. The molecule has 2 aromatic carbocycles. The van der Waals surface area contributed by atoms with E-state index in [1.165, 1.54) is 10.5 Å². The monoisotopic (exact) mass is 379 g/mol. The van der Waals surface area contributed by atoms with Crippen molar-refractivity contribution in [3.05, 3.63) is 65.9 Å². The molecule has 0 saturated carbocycles.